The number of fused-ring (bicyclic) bond motifs is 2. The summed E-state index contributed by atoms with van der Waals surface area (Å²) in [6.45, 7) is 10.3. The number of anilines is 7. The Morgan fingerprint density at radius 3 is 1.65 bits per heavy atom. The molecule has 0 aliphatic rings. The number of hydrogen-bond acceptors (Lipinski definition) is 22. The fourth-order valence-corrected chi connectivity index (χ4v) is 10.7. The number of benzene rings is 4. The van der Waals surface area contributed by atoms with Gasteiger partial charge in [-0.1, -0.05) is 45.9 Å². The van der Waals surface area contributed by atoms with Crippen LogP contribution in [-0.2, 0) is 10.1 Å². The quantitative estimate of drug-likeness (QED) is 0.0312. The van der Waals surface area contributed by atoms with E-state index in [1.807, 2.05) is 45.9 Å². The zero-order chi connectivity index (χ0) is 49.4. The molecule has 0 aliphatic heterocycles. The molecule has 0 radical (unpaired) electrons. The first-order valence-electron chi connectivity index (χ1n) is 21.4. The Morgan fingerprint density at radius 2 is 1.16 bits per heavy atom. The van der Waals surface area contributed by atoms with Crippen molar-refractivity contribution in [3.8, 4) is 11.5 Å². The second-order valence-corrected chi connectivity index (χ2v) is 18.8. The third-order valence-corrected chi connectivity index (χ3v) is 14.1. The Kier molecular flexibility index (Phi) is 16.6. The van der Waals surface area contributed by atoms with Gasteiger partial charge in [0.05, 0.1) is 75.6 Å². The summed E-state index contributed by atoms with van der Waals surface area (Å²) in [6.07, 6.45) is 0. The first-order chi connectivity index (χ1) is 33.2. The predicted octanol–water partition coefficient (Wildman–Crippen LogP) is 10.5. The lowest BCUT2D eigenvalue weighted by Crippen LogP contribution is -2.31. The van der Waals surface area contributed by atoms with E-state index in [1.54, 1.807) is 36.3 Å². The molecule has 7 aromatic rings. The lowest BCUT2D eigenvalue weighted by molar-refractivity contribution is 0.280. The molecule has 0 saturated carbocycles. The molecule has 0 spiro atoms. The van der Waals surface area contributed by atoms with Crippen LogP contribution < -0.4 is 34.8 Å². The van der Waals surface area contributed by atoms with Crippen molar-refractivity contribution in [2.45, 2.75) is 32.6 Å². The summed E-state index contributed by atoms with van der Waals surface area (Å²) in [4.78, 5) is 28.6. The van der Waals surface area contributed by atoms with Crippen LogP contribution in [0.5, 0.6) is 11.5 Å². The molecule has 0 bridgehead atoms. The van der Waals surface area contributed by atoms with Crippen LogP contribution in [0.2, 0.25) is 10.0 Å². The Morgan fingerprint density at radius 1 is 0.652 bits per heavy atom. The Balaban J connectivity index is 1.36. The molecule has 21 nitrogen and oxygen atoms in total. The molecule has 3 heterocycles. The van der Waals surface area contributed by atoms with Gasteiger partial charge in [0.1, 0.15) is 27.8 Å². The van der Waals surface area contributed by atoms with Gasteiger partial charge in [0, 0.05) is 56.4 Å². The fourth-order valence-electron chi connectivity index (χ4n) is 7.18. The van der Waals surface area contributed by atoms with Gasteiger partial charge in [-0.2, -0.15) is 23.4 Å². The minimum absolute atomic E-state index is 0.0247. The summed E-state index contributed by atoms with van der Waals surface area (Å²) in [5, 5.41) is 45.7. The number of methoxy groups -OCH3 is 2. The van der Waals surface area contributed by atoms with Gasteiger partial charge in [-0.15, -0.1) is 20.5 Å². The normalized spacial score (nSPS) is 11.9. The number of nitrogens with zero attached hydrogens (tertiary/aromatic N) is 12. The van der Waals surface area contributed by atoms with Gasteiger partial charge in [0.25, 0.3) is 10.1 Å². The third-order valence-electron chi connectivity index (χ3n) is 10.5. The molecular weight excluding hydrogens is 992 g/mol. The molecular formula is C43H48Cl2N14O7S3. The van der Waals surface area contributed by atoms with E-state index >= 15 is 0 Å². The van der Waals surface area contributed by atoms with E-state index in [4.69, 9.17) is 47.6 Å². The van der Waals surface area contributed by atoms with E-state index in [9.17, 15) is 23.2 Å². The van der Waals surface area contributed by atoms with E-state index in [0.717, 1.165) is 27.2 Å². The maximum atomic E-state index is 12.3. The molecule has 26 heteroatoms. The first kappa shape index (κ1) is 50.7. The molecule has 0 amide bonds. The Labute approximate surface area is 415 Å². The highest BCUT2D eigenvalue weighted by molar-refractivity contribution is 7.86. The molecule has 0 unspecified atom stereocenters. The second kappa shape index (κ2) is 22.5. The second-order valence-electron chi connectivity index (χ2n) is 14.6. The lowest BCUT2D eigenvalue weighted by atomic mass is 10.2. The zero-order valence-corrected chi connectivity index (χ0v) is 42.1. The summed E-state index contributed by atoms with van der Waals surface area (Å²) in [6, 6.07) is 15.3. The van der Waals surface area contributed by atoms with Crippen molar-refractivity contribution in [3.63, 3.8) is 0 Å². The van der Waals surface area contributed by atoms with Crippen LogP contribution in [0.3, 0.4) is 0 Å². The van der Waals surface area contributed by atoms with Crippen molar-refractivity contribution < 1.29 is 32.7 Å². The summed E-state index contributed by atoms with van der Waals surface area (Å²) in [5.41, 5.74) is 3.84. The summed E-state index contributed by atoms with van der Waals surface area (Å²) in [5.74, 6) is 1.20. The summed E-state index contributed by atoms with van der Waals surface area (Å²) >= 11 is 14.6. The molecule has 0 atom stereocenters. The van der Waals surface area contributed by atoms with Crippen molar-refractivity contribution >= 4 is 139 Å². The standard InChI is InChI=1S/C43H48Cl2N14O7S3/c1-7-57(8-2)32-20-28(30(22-34(32)65-5)53-55-42-48-26-13-11-24(44)19-36(26)67-42)46-39-50-40(52-41(51-39)59(15-17-60)16-18-61)47-29-21-33(58(9-3)10-4)35(66-6)23-31(29)54-56-43-49-27-14-12-25(45)38(37(27)68-43)69(62,63)64/h11-14,19-23,60-61H,7-10,15-18H2,1-6H3,(H,62,63,64)(H2,46,47,50,51,52). The number of azo groups is 2. The third kappa shape index (κ3) is 11.7. The highest BCUT2D eigenvalue weighted by Crippen LogP contribution is 2.44. The Bertz CT molecular complexity index is 3130. The molecule has 0 aliphatic carbocycles. The van der Waals surface area contributed by atoms with E-state index < -0.39 is 15.0 Å². The molecule has 69 heavy (non-hydrogen) atoms. The number of aliphatic hydroxyl groups is 2. The number of thiazole rings is 2. The van der Waals surface area contributed by atoms with Crippen LogP contribution in [0.25, 0.3) is 20.4 Å². The SMILES string of the molecule is CCN(CC)c1cc(Nc2nc(Nc3cc(N(CC)CC)c(OC)cc3N=Nc3nc4ccc(Cl)c(S(=O)(=O)O)c4s3)nc(N(CCO)CCO)n2)c(N=Nc2nc3ccc(Cl)cc3s2)cc1OC. The van der Waals surface area contributed by atoms with Gasteiger partial charge in [-0.25, -0.2) is 9.97 Å². The largest absolute Gasteiger partial charge is 0.494 e. The number of ether oxygens (including phenoxy) is 2. The predicted molar refractivity (Wildman–Crippen MR) is 273 cm³/mol. The number of aliphatic hydroxyl groups excluding tert-OH is 2. The van der Waals surface area contributed by atoms with Crippen molar-refractivity contribution in [3.05, 3.63) is 64.6 Å². The minimum Gasteiger partial charge on any atom is -0.494 e. The van der Waals surface area contributed by atoms with Crippen LogP contribution in [0.1, 0.15) is 27.7 Å². The summed E-state index contributed by atoms with van der Waals surface area (Å²) in [7, 11) is -1.59. The fraction of sp³-hybridized carbons (Fsp3) is 0.326. The maximum Gasteiger partial charge on any atom is 0.297 e. The van der Waals surface area contributed by atoms with Gasteiger partial charge in [0.15, 0.2) is 0 Å². The van der Waals surface area contributed by atoms with Crippen molar-refractivity contribution in [2.24, 2.45) is 20.5 Å². The molecule has 364 valence electrons. The Hall–Kier alpha value is -6.12. The lowest BCUT2D eigenvalue weighted by Gasteiger charge is -2.25. The number of hydrogen-bond donors (Lipinski definition) is 5. The molecule has 4 aromatic carbocycles. The number of rotatable bonds is 22. The van der Waals surface area contributed by atoms with E-state index in [1.165, 1.54) is 30.6 Å². The van der Waals surface area contributed by atoms with Gasteiger partial charge in [-0.3, -0.25) is 4.55 Å². The van der Waals surface area contributed by atoms with Crippen molar-refractivity contribution in [1.82, 2.24) is 24.9 Å². The van der Waals surface area contributed by atoms with Gasteiger partial charge in [0.2, 0.25) is 28.1 Å². The van der Waals surface area contributed by atoms with Crippen LogP contribution in [0.4, 0.5) is 62.2 Å². The topological polar surface area (TPSA) is 261 Å². The van der Waals surface area contributed by atoms with Crippen LogP contribution in [-0.4, -0.2) is 115 Å². The summed E-state index contributed by atoms with van der Waals surface area (Å²) < 4.78 is 47.1. The minimum atomic E-state index is -4.70. The average molecular weight is 1040 g/mol. The molecule has 7 rings (SSSR count). The average Bonchev–Trinajstić information content (AvgIpc) is 3.94. The number of nitrogens with one attached hydrogen (secondary N) is 2. The molecule has 0 fully saturated rings. The van der Waals surface area contributed by atoms with Gasteiger partial charge >= 0.3 is 0 Å². The number of aromatic nitrogens is 5. The van der Waals surface area contributed by atoms with Crippen LogP contribution in [0, 0.1) is 0 Å². The van der Waals surface area contributed by atoms with Gasteiger partial charge in [-0.05, 0) is 70.2 Å². The van der Waals surface area contributed by atoms with Crippen LogP contribution in [0.15, 0.2) is 79.9 Å². The zero-order valence-electron chi connectivity index (χ0n) is 38.2. The molecule has 5 N–H and O–H groups in total. The van der Waals surface area contributed by atoms with Crippen LogP contribution >= 0.6 is 45.9 Å². The monoisotopic (exact) mass is 1040 g/mol. The van der Waals surface area contributed by atoms with E-state index in [-0.39, 0.29) is 70.2 Å². The van der Waals surface area contributed by atoms with Gasteiger partial charge < -0.3 is 45.0 Å². The highest BCUT2D eigenvalue weighted by Gasteiger charge is 2.24. The van der Waals surface area contributed by atoms with Crippen molar-refractivity contribution in [2.75, 3.05) is 92.0 Å². The van der Waals surface area contributed by atoms with Crippen molar-refractivity contribution in [1.29, 1.82) is 0 Å². The van der Waals surface area contributed by atoms with E-state index in [0.29, 0.717) is 70.6 Å². The highest BCUT2D eigenvalue weighted by atomic mass is 35.5. The first-order valence-corrected chi connectivity index (χ1v) is 25.2. The maximum absolute atomic E-state index is 12.3. The number of halogens is 2. The van der Waals surface area contributed by atoms with E-state index in [2.05, 4.69) is 50.9 Å². The smallest absolute Gasteiger partial charge is 0.297 e. The molecule has 0 saturated heterocycles. The molecule has 3 aromatic heterocycles.